The monoisotopic (exact) mass is 1190 g/mol. The van der Waals surface area contributed by atoms with Crippen LogP contribution in [0.25, 0.3) is 44.0 Å². The first kappa shape index (κ1) is 58.1. The van der Waals surface area contributed by atoms with Gasteiger partial charge < -0.3 is 38.4 Å². The fraction of sp³-hybridized carbons (Fsp3) is 0.508. The van der Waals surface area contributed by atoms with E-state index in [1.807, 2.05) is 90.8 Å². The van der Waals surface area contributed by atoms with E-state index in [4.69, 9.17) is 38.8 Å². The van der Waals surface area contributed by atoms with Crippen molar-refractivity contribution < 1.29 is 47.3 Å². The van der Waals surface area contributed by atoms with E-state index >= 15 is 4.39 Å². The van der Waals surface area contributed by atoms with Crippen molar-refractivity contribution in [3.8, 4) is 22.9 Å². The molecule has 7 aromatic rings. The zero-order chi connectivity index (χ0) is 60.7. The number of benzene rings is 4. The zero-order valence-electron chi connectivity index (χ0n) is 50.8. The highest BCUT2D eigenvalue weighted by Gasteiger charge is 2.48. The second kappa shape index (κ2) is 23.0. The third-order valence-electron chi connectivity index (χ3n) is 18.4. The first-order valence-corrected chi connectivity index (χ1v) is 30.7. The molecule has 5 saturated heterocycles. The lowest BCUT2D eigenvalue weighted by atomic mass is 9.88. The van der Waals surface area contributed by atoms with Gasteiger partial charge in [-0.2, -0.15) is 15.1 Å². The molecule has 1 saturated carbocycles. The Kier molecular flexibility index (Phi) is 15.3. The van der Waals surface area contributed by atoms with Crippen molar-refractivity contribution in [2.75, 3.05) is 57.9 Å². The van der Waals surface area contributed by atoms with E-state index < -0.39 is 17.6 Å². The summed E-state index contributed by atoms with van der Waals surface area (Å²) in [6.45, 7) is 15.6. The Hall–Kier alpha value is -7.95. The fourth-order valence-electron chi connectivity index (χ4n) is 13.6. The number of imide groups is 1. The third-order valence-corrected chi connectivity index (χ3v) is 18.4. The standard InChI is InChI=1S/C65H76FN11O10/c1-36-30-72(31-40-14-19-49-52(25-40)71(7)63(81)76(49)50-20-21-53(78)68-60(50)79)22-23-73(36)61(80)42-15-12-39(13-16-42)35-85-58-56(55-38(3)48(66)28-51-47(55)29-67-77(51)54-11-9-10-24-84-54)45(41-17-18-41)27-46-57(58)69-62(86-34-37(2)83-8)70-59(46)74-32-44-26-43(74)33-75(44)64(82)87-65(4,5)6/h12-16,19,25,27-29,36-37,41,43-44,50,54H,9-11,17-18,20-24,26,30-35H2,1-8H3,(H,68,78,79)/t36-,37+,43-,44-,50?,54?/m0/s1. The quantitative estimate of drug-likeness (QED) is 0.0951. The van der Waals surface area contributed by atoms with Crippen molar-refractivity contribution in [2.45, 2.75) is 154 Å². The number of likely N-dealkylation sites (tertiary alicyclic amines) is 1. The minimum absolute atomic E-state index is 0.0687. The summed E-state index contributed by atoms with van der Waals surface area (Å²) in [7, 11) is 3.31. The van der Waals surface area contributed by atoms with Crippen molar-refractivity contribution in [1.82, 2.24) is 48.9 Å². The molecular weight excluding hydrogens is 1110 g/mol. The number of hydrogen-bond donors (Lipinski definition) is 1. The number of imidazole rings is 1. The van der Waals surface area contributed by atoms with E-state index in [-0.39, 0.29) is 97.9 Å². The van der Waals surface area contributed by atoms with Crippen molar-refractivity contribution in [1.29, 1.82) is 0 Å². The Bertz CT molecular complexity index is 3940. The highest BCUT2D eigenvalue weighted by atomic mass is 19.1. The predicted molar refractivity (Wildman–Crippen MR) is 323 cm³/mol. The number of nitrogens with one attached hydrogen (secondary N) is 1. The number of carbonyl (C=O) groups excluding carboxylic acids is 4. The van der Waals surface area contributed by atoms with E-state index in [1.165, 1.54) is 4.57 Å². The highest BCUT2D eigenvalue weighted by molar-refractivity contribution is 6.06. The lowest BCUT2D eigenvalue weighted by Gasteiger charge is -2.40. The molecule has 6 fully saturated rings. The van der Waals surface area contributed by atoms with Gasteiger partial charge in [-0.1, -0.05) is 18.2 Å². The van der Waals surface area contributed by atoms with Crippen LogP contribution < -0.4 is 25.4 Å². The van der Waals surface area contributed by atoms with Crippen LogP contribution in [-0.2, 0) is 44.0 Å². The number of hydrogen-bond acceptors (Lipinski definition) is 15. The van der Waals surface area contributed by atoms with Gasteiger partial charge in [-0.15, -0.1) is 0 Å². The molecule has 21 nitrogen and oxygen atoms in total. The van der Waals surface area contributed by atoms with Crippen LogP contribution in [0, 0.1) is 12.7 Å². The molecular formula is C65H76FN11O10. The molecule has 5 aliphatic heterocycles. The molecule has 13 rings (SSSR count). The molecule has 22 heteroatoms. The molecule has 4 amide bonds. The molecule has 6 atom stereocenters. The Balaban J connectivity index is 0.809. The van der Waals surface area contributed by atoms with Gasteiger partial charge in [0.2, 0.25) is 11.8 Å². The number of aryl methyl sites for hydroxylation is 1. The number of anilines is 1. The van der Waals surface area contributed by atoms with Crippen LogP contribution in [0.1, 0.15) is 137 Å². The number of aromatic nitrogens is 6. The van der Waals surface area contributed by atoms with Gasteiger partial charge in [0.25, 0.3) is 5.91 Å². The Morgan fingerprint density at radius 1 is 0.862 bits per heavy atom. The van der Waals surface area contributed by atoms with Gasteiger partial charge in [0, 0.05) is 106 Å². The summed E-state index contributed by atoms with van der Waals surface area (Å²) < 4.78 is 53.1. The molecule has 0 radical (unpaired) electrons. The number of ether oxygens (including phenoxy) is 5. The maximum atomic E-state index is 16.9. The molecule has 4 aromatic carbocycles. The number of piperidine rings is 1. The molecule has 1 N–H and O–H groups in total. The fourth-order valence-corrected chi connectivity index (χ4v) is 13.6. The van der Waals surface area contributed by atoms with Crippen LogP contribution in [0.3, 0.4) is 0 Å². The summed E-state index contributed by atoms with van der Waals surface area (Å²) in [5, 5.41) is 8.77. The van der Waals surface area contributed by atoms with E-state index in [1.54, 1.807) is 31.7 Å². The van der Waals surface area contributed by atoms with Crippen LogP contribution in [0.15, 0.2) is 65.6 Å². The van der Waals surface area contributed by atoms with E-state index in [0.717, 1.165) is 71.6 Å². The number of nitrogens with zero attached hydrogens (tertiary/aromatic N) is 10. The van der Waals surface area contributed by atoms with Crippen LogP contribution in [0.4, 0.5) is 15.0 Å². The number of halogens is 1. The van der Waals surface area contributed by atoms with Gasteiger partial charge in [0.05, 0.1) is 40.9 Å². The average molecular weight is 1190 g/mol. The van der Waals surface area contributed by atoms with Gasteiger partial charge in [-0.05, 0) is 145 Å². The molecule has 8 heterocycles. The van der Waals surface area contributed by atoms with Crippen LogP contribution in [0.2, 0.25) is 0 Å². The maximum absolute atomic E-state index is 16.9. The lowest BCUT2D eigenvalue weighted by molar-refractivity contribution is -0.135. The molecule has 2 unspecified atom stereocenters. The second-order valence-corrected chi connectivity index (χ2v) is 25.6. The molecule has 3 aromatic heterocycles. The predicted octanol–water partition coefficient (Wildman–Crippen LogP) is 8.84. The number of carbonyl (C=O) groups is 4. The summed E-state index contributed by atoms with van der Waals surface area (Å²) in [5.41, 5.74) is 6.65. The number of rotatable bonds is 15. The van der Waals surface area contributed by atoms with E-state index in [2.05, 4.69) is 28.1 Å². The number of methoxy groups -OCH3 is 1. The molecule has 2 bridgehead atoms. The SMILES string of the molecule is CO[C@H](C)COc1nc(N2C[C@@H]3C[C@H]2CN3C(=O)OC(C)(C)C)c2cc(C3CC3)c(-c3c(C)c(F)cc4c3cnn4C3CCCCO3)c(OCc3ccc(C(=O)N4CCN(Cc5ccc6c(c5)n(C)c(=O)n6C5CCC(=O)NC5=O)C[C@@H]4C)cc3)c2n1. The third kappa shape index (κ3) is 11.1. The molecule has 6 aliphatic rings. The van der Waals surface area contributed by atoms with Crippen LogP contribution >= 0.6 is 0 Å². The highest BCUT2D eigenvalue weighted by Crippen LogP contribution is 2.54. The van der Waals surface area contributed by atoms with Gasteiger partial charge in [-0.3, -0.25) is 33.7 Å². The van der Waals surface area contributed by atoms with Crippen molar-refractivity contribution in [3.05, 3.63) is 105 Å². The Morgan fingerprint density at radius 3 is 2.36 bits per heavy atom. The normalized spacial score (nSPS) is 22.2. The number of piperazine rings is 2. The van der Waals surface area contributed by atoms with E-state index in [9.17, 15) is 24.0 Å². The van der Waals surface area contributed by atoms with Crippen LogP contribution in [0.5, 0.6) is 11.8 Å². The maximum Gasteiger partial charge on any atom is 0.410 e. The average Bonchev–Trinajstić information content (AvgIpc) is 1.73. The summed E-state index contributed by atoms with van der Waals surface area (Å²) in [5.74, 6) is -0.0360. The first-order valence-electron chi connectivity index (χ1n) is 30.7. The number of amides is 4. The number of fused-ring (bicyclic) bond motifs is 5. The molecule has 87 heavy (non-hydrogen) atoms. The van der Waals surface area contributed by atoms with Crippen molar-refractivity contribution in [2.24, 2.45) is 7.05 Å². The molecule has 0 spiro atoms. The summed E-state index contributed by atoms with van der Waals surface area (Å²) in [6.07, 6.45) is 6.56. The van der Waals surface area contributed by atoms with Gasteiger partial charge in [-0.25, -0.2) is 18.7 Å². The smallest absolute Gasteiger partial charge is 0.410 e. The molecule has 1 aliphatic carbocycles. The van der Waals surface area contributed by atoms with E-state index in [0.29, 0.717) is 96.2 Å². The lowest BCUT2D eigenvalue weighted by Crippen LogP contribution is -2.53. The second-order valence-electron chi connectivity index (χ2n) is 25.6. The minimum Gasteiger partial charge on any atom is -0.486 e. The van der Waals surface area contributed by atoms with Crippen LogP contribution in [-0.4, -0.2) is 150 Å². The Morgan fingerprint density at radius 2 is 1.66 bits per heavy atom. The zero-order valence-corrected chi connectivity index (χ0v) is 50.8. The Labute approximate surface area is 503 Å². The van der Waals surface area contributed by atoms with Gasteiger partial charge >= 0.3 is 17.8 Å². The van der Waals surface area contributed by atoms with Gasteiger partial charge in [0.15, 0.2) is 12.0 Å². The minimum atomic E-state index is -0.761. The summed E-state index contributed by atoms with van der Waals surface area (Å²) in [6, 6.07) is 16.1. The summed E-state index contributed by atoms with van der Waals surface area (Å²) in [4.78, 5) is 84.7. The first-order chi connectivity index (χ1) is 41.8. The van der Waals surface area contributed by atoms with Crippen molar-refractivity contribution in [3.63, 3.8) is 0 Å². The largest absolute Gasteiger partial charge is 0.486 e. The topological polar surface area (TPSA) is 210 Å². The van der Waals surface area contributed by atoms with Crippen molar-refractivity contribution >= 4 is 62.5 Å². The molecule has 458 valence electrons. The van der Waals surface area contributed by atoms with Gasteiger partial charge in [0.1, 0.15) is 42.0 Å². The summed E-state index contributed by atoms with van der Waals surface area (Å²) >= 11 is 0.